The lowest BCUT2D eigenvalue weighted by Crippen LogP contribution is -2.29. The first-order valence-corrected chi connectivity index (χ1v) is 29.8. The van der Waals surface area contributed by atoms with Gasteiger partial charge in [-0.1, -0.05) is 236 Å². The molecule has 2 heterocycles. The summed E-state index contributed by atoms with van der Waals surface area (Å²) >= 11 is 0. The highest BCUT2D eigenvalue weighted by atomic mass is 16.5. The minimum atomic E-state index is 0.176. The standard InChI is InChI=1S/C82H54O2/c1-3-23-53-49(19-1)21-17-37-55(53)57-25-5-7-27-61(57)79-67-33-13-9-29-63(67)77(64-30-10-14-34-68(64)79)51-39-41-59-71-43-44-72-60-42-40-52(48-76(60)84-74-46-45-73(81(71)82(72)74)83-75(59)47-51)78-65-31-11-15-35-69(65)80(70-36-16-12-32-66(70)78)62-28-8-6-26-58(62)56-38-18-22-50-20-2-4-24-54(50)56/h1-7,9-16,18-27,29-36,38-48,69,80H,8,17,28,37H2. The number of hydrogen-bond donors (Lipinski definition) is 0. The van der Waals surface area contributed by atoms with Crippen molar-refractivity contribution in [3.8, 4) is 67.5 Å². The minimum absolute atomic E-state index is 0.176. The molecule has 2 nitrogen and oxygen atoms in total. The molecule has 0 fully saturated rings. The van der Waals surface area contributed by atoms with Gasteiger partial charge in [-0.05, 0) is 188 Å². The second kappa shape index (κ2) is 18.6. The van der Waals surface area contributed by atoms with Gasteiger partial charge in [-0.25, -0.2) is 0 Å². The van der Waals surface area contributed by atoms with Crippen LogP contribution in [0.2, 0.25) is 0 Å². The van der Waals surface area contributed by atoms with Crippen molar-refractivity contribution in [2.75, 3.05) is 0 Å². The van der Waals surface area contributed by atoms with Gasteiger partial charge in [0.2, 0.25) is 0 Å². The van der Waals surface area contributed by atoms with E-state index >= 15 is 0 Å². The summed E-state index contributed by atoms with van der Waals surface area (Å²) < 4.78 is 14.2. The molecular formula is C82H54O2. The summed E-state index contributed by atoms with van der Waals surface area (Å²) in [6.45, 7) is 0. The van der Waals surface area contributed by atoms with Crippen molar-refractivity contribution in [3.63, 3.8) is 0 Å². The van der Waals surface area contributed by atoms with Crippen LogP contribution < -0.4 is 19.9 Å². The van der Waals surface area contributed by atoms with Gasteiger partial charge in [0.05, 0.1) is 0 Å². The Morgan fingerprint density at radius 2 is 0.988 bits per heavy atom. The lowest BCUT2D eigenvalue weighted by Gasteiger charge is -2.39. The fraction of sp³-hybridized carbons (Fsp3) is 0.0732. The molecule has 2 unspecified atom stereocenters. The second-order valence-electron chi connectivity index (χ2n) is 23.4. The number of hydrogen-bond acceptors (Lipinski definition) is 2. The molecule has 4 aliphatic carbocycles. The van der Waals surface area contributed by atoms with E-state index in [0.29, 0.717) is 0 Å². The maximum absolute atomic E-state index is 7.12. The average Bonchev–Trinajstić information content (AvgIpc) is 1.17. The highest BCUT2D eigenvalue weighted by Crippen LogP contribution is 2.58. The molecule has 2 aliphatic heterocycles. The van der Waals surface area contributed by atoms with Gasteiger partial charge in [0.25, 0.3) is 0 Å². The lowest BCUT2D eigenvalue weighted by atomic mass is 9.64. The molecule has 0 saturated carbocycles. The van der Waals surface area contributed by atoms with Crippen LogP contribution >= 0.6 is 0 Å². The van der Waals surface area contributed by atoms with E-state index in [-0.39, 0.29) is 11.8 Å². The van der Waals surface area contributed by atoms with Crippen molar-refractivity contribution < 1.29 is 9.47 Å². The van der Waals surface area contributed by atoms with Gasteiger partial charge < -0.3 is 9.47 Å². The van der Waals surface area contributed by atoms with E-state index in [0.717, 1.165) is 92.8 Å². The first kappa shape index (κ1) is 47.4. The van der Waals surface area contributed by atoms with Gasteiger partial charge in [0.1, 0.15) is 23.0 Å². The van der Waals surface area contributed by atoms with Gasteiger partial charge >= 0.3 is 0 Å². The van der Waals surface area contributed by atoms with Crippen LogP contribution in [0.3, 0.4) is 0 Å². The molecule has 12 aromatic rings. The molecule has 6 aliphatic rings. The molecular weight excluding hydrogens is 1020 g/mol. The van der Waals surface area contributed by atoms with Crippen LogP contribution in [0.1, 0.15) is 59.4 Å². The van der Waals surface area contributed by atoms with Crippen molar-refractivity contribution >= 4 is 65.9 Å². The fourth-order valence-corrected chi connectivity index (χ4v) is 15.6. The molecule has 0 bridgehead atoms. The topological polar surface area (TPSA) is 18.5 Å². The van der Waals surface area contributed by atoms with Crippen LogP contribution in [-0.4, -0.2) is 0 Å². The van der Waals surface area contributed by atoms with E-state index in [2.05, 4.69) is 267 Å². The van der Waals surface area contributed by atoms with Crippen molar-refractivity contribution in [2.24, 2.45) is 5.92 Å². The Hall–Kier alpha value is -10.3. The SMILES string of the molecule is C1=CC2=C(c3ccc4c(c3)Oc3ccc5c6c(ccc-4c36)-c3ccc(-c4c6ccccc6c(-c6ccccc6C6=c7ccccc7=CCC6)c6ccccc46)cc3O5)c3ccccc3C(C3=C(c4cccc5ccccc45)C=CCC3)C2C=C1. The molecule has 394 valence electrons. The summed E-state index contributed by atoms with van der Waals surface area (Å²) in [6, 6.07) is 83.3. The molecule has 0 saturated heterocycles. The normalized spacial score (nSPS) is 16.9. The van der Waals surface area contributed by atoms with E-state index < -0.39 is 0 Å². The van der Waals surface area contributed by atoms with Gasteiger partial charge in [-0.15, -0.1) is 0 Å². The van der Waals surface area contributed by atoms with Crippen molar-refractivity contribution in [3.05, 3.63) is 310 Å². The van der Waals surface area contributed by atoms with Gasteiger partial charge in [-0.2, -0.15) is 0 Å². The minimum Gasteiger partial charge on any atom is -0.456 e. The van der Waals surface area contributed by atoms with E-state index in [1.807, 2.05) is 0 Å². The van der Waals surface area contributed by atoms with Crippen LogP contribution in [0, 0.1) is 5.92 Å². The maximum Gasteiger partial charge on any atom is 0.136 e. The molecule has 2 atom stereocenters. The molecule has 0 aromatic heterocycles. The number of fused-ring (bicyclic) bond motifs is 10. The Kier molecular flexibility index (Phi) is 10.5. The molecule has 18 rings (SSSR count). The Morgan fingerprint density at radius 1 is 0.393 bits per heavy atom. The number of benzene rings is 12. The summed E-state index contributed by atoms with van der Waals surface area (Å²) in [4.78, 5) is 0. The number of allylic oxidation sites excluding steroid dienone is 9. The Morgan fingerprint density at radius 3 is 1.75 bits per heavy atom. The molecule has 0 N–H and O–H groups in total. The molecule has 0 radical (unpaired) electrons. The molecule has 12 aromatic carbocycles. The zero-order valence-electron chi connectivity index (χ0n) is 46.2. The third-order valence-corrected chi connectivity index (χ3v) is 19.1. The van der Waals surface area contributed by atoms with E-state index in [1.165, 1.54) is 110 Å². The zero-order chi connectivity index (χ0) is 55.0. The average molecular weight is 1070 g/mol. The van der Waals surface area contributed by atoms with Gasteiger partial charge in [0, 0.05) is 33.7 Å². The monoisotopic (exact) mass is 1070 g/mol. The largest absolute Gasteiger partial charge is 0.456 e. The van der Waals surface area contributed by atoms with E-state index in [1.54, 1.807) is 0 Å². The van der Waals surface area contributed by atoms with Crippen LogP contribution in [0.5, 0.6) is 23.0 Å². The Labute approximate surface area is 487 Å². The van der Waals surface area contributed by atoms with Crippen LogP contribution in [0.15, 0.2) is 272 Å². The highest BCUT2D eigenvalue weighted by molar-refractivity contribution is 6.23. The van der Waals surface area contributed by atoms with Gasteiger partial charge in [-0.3, -0.25) is 0 Å². The smallest absolute Gasteiger partial charge is 0.136 e. The van der Waals surface area contributed by atoms with E-state index in [4.69, 9.17) is 9.47 Å². The quantitative estimate of drug-likeness (QED) is 0.155. The summed E-state index contributed by atoms with van der Waals surface area (Å²) in [5.74, 6) is 3.79. The van der Waals surface area contributed by atoms with Crippen LogP contribution in [0.4, 0.5) is 0 Å². The summed E-state index contributed by atoms with van der Waals surface area (Å²) in [6.07, 6.45) is 20.6. The lowest BCUT2D eigenvalue weighted by molar-refractivity contribution is 0.475. The first-order valence-electron chi connectivity index (χ1n) is 29.8. The Bertz CT molecular complexity index is 5150. The predicted octanol–water partition coefficient (Wildman–Crippen LogP) is 20.4. The third kappa shape index (κ3) is 7.04. The molecule has 0 spiro atoms. The molecule has 84 heavy (non-hydrogen) atoms. The summed E-state index contributed by atoms with van der Waals surface area (Å²) in [5.41, 5.74) is 22.8. The summed E-state index contributed by atoms with van der Waals surface area (Å²) in [7, 11) is 0. The molecule has 0 amide bonds. The van der Waals surface area contributed by atoms with E-state index in [9.17, 15) is 0 Å². The van der Waals surface area contributed by atoms with Crippen molar-refractivity contribution in [1.82, 2.24) is 0 Å². The van der Waals surface area contributed by atoms with Crippen molar-refractivity contribution in [2.45, 2.75) is 31.6 Å². The predicted molar refractivity (Wildman–Crippen MR) is 349 cm³/mol. The zero-order valence-corrected chi connectivity index (χ0v) is 46.2. The van der Waals surface area contributed by atoms with Crippen molar-refractivity contribution in [1.29, 1.82) is 0 Å². The second-order valence-corrected chi connectivity index (χ2v) is 23.4. The molecule has 2 heteroatoms. The fourth-order valence-electron chi connectivity index (χ4n) is 15.6. The number of ether oxygens (including phenoxy) is 2. The number of rotatable bonds is 6. The third-order valence-electron chi connectivity index (χ3n) is 19.1. The van der Waals surface area contributed by atoms with Crippen LogP contribution in [-0.2, 0) is 0 Å². The van der Waals surface area contributed by atoms with Crippen LogP contribution in [0.25, 0.3) is 110 Å². The van der Waals surface area contributed by atoms with Gasteiger partial charge in [0.15, 0.2) is 0 Å². The highest BCUT2D eigenvalue weighted by Gasteiger charge is 2.39. The maximum atomic E-state index is 7.12. The first-order chi connectivity index (χ1) is 41.7. The summed E-state index contributed by atoms with van der Waals surface area (Å²) in [5, 5.41) is 12.3. The Balaban J connectivity index is 0.730.